The molecule has 0 radical (unpaired) electrons. The fraction of sp³-hybridized carbons (Fsp3) is 0.800. The quantitative estimate of drug-likeness (QED) is 0.730. The van der Waals surface area contributed by atoms with E-state index in [1.54, 1.807) is 11.3 Å². The Morgan fingerprint density at radius 1 is 1.27 bits per heavy atom. The Labute approximate surface area is 162 Å². The molecule has 5 nitrogen and oxygen atoms in total. The molecule has 2 N–H and O–H groups in total. The first kappa shape index (κ1) is 19.8. The first-order valence-corrected chi connectivity index (χ1v) is 11.1. The Bertz CT molecular complexity index is 580. The second kappa shape index (κ2) is 9.29. The van der Waals surface area contributed by atoms with Crippen molar-refractivity contribution in [3.05, 3.63) is 16.1 Å². The third-order valence-electron chi connectivity index (χ3n) is 5.56. The number of carbonyl (C=O) groups is 1. The summed E-state index contributed by atoms with van der Waals surface area (Å²) in [6.07, 6.45) is 6.03. The molecular weight excluding hydrogens is 344 g/mol. The van der Waals surface area contributed by atoms with E-state index in [-0.39, 0.29) is 5.91 Å². The molecular formula is C20H34N4OS. The smallest absolute Gasteiger partial charge is 0.220 e. The molecule has 146 valence electrons. The molecule has 2 aliphatic rings. The highest BCUT2D eigenvalue weighted by Gasteiger charge is 2.34. The zero-order chi connectivity index (χ0) is 18.5. The van der Waals surface area contributed by atoms with Crippen molar-refractivity contribution in [3.63, 3.8) is 0 Å². The van der Waals surface area contributed by atoms with Crippen LogP contribution in [0.1, 0.15) is 56.7 Å². The fourth-order valence-corrected chi connectivity index (χ4v) is 4.66. The van der Waals surface area contributed by atoms with Crippen molar-refractivity contribution >= 4 is 17.2 Å². The summed E-state index contributed by atoms with van der Waals surface area (Å²) in [6.45, 7) is 10.2. The first-order chi connectivity index (χ1) is 12.5. The lowest BCUT2D eigenvalue weighted by atomic mass is 9.84. The van der Waals surface area contributed by atoms with Crippen molar-refractivity contribution in [2.75, 3.05) is 19.6 Å². The molecule has 2 atom stereocenters. The van der Waals surface area contributed by atoms with Crippen LogP contribution < -0.4 is 10.6 Å². The number of nitrogens with zero attached hydrogens (tertiary/aromatic N) is 2. The van der Waals surface area contributed by atoms with Crippen LogP contribution in [0.25, 0.3) is 0 Å². The van der Waals surface area contributed by atoms with Gasteiger partial charge in [-0.2, -0.15) is 0 Å². The number of amides is 1. The summed E-state index contributed by atoms with van der Waals surface area (Å²) < 4.78 is 0. The van der Waals surface area contributed by atoms with E-state index in [1.165, 1.54) is 38.9 Å². The molecule has 0 spiro atoms. The second-order valence-corrected chi connectivity index (χ2v) is 9.41. The lowest BCUT2D eigenvalue weighted by Gasteiger charge is -2.42. The van der Waals surface area contributed by atoms with Crippen molar-refractivity contribution in [1.29, 1.82) is 0 Å². The average Bonchev–Trinajstić information content (AvgIpc) is 3.01. The van der Waals surface area contributed by atoms with Crippen LogP contribution in [0, 0.1) is 12.8 Å². The lowest BCUT2D eigenvalue weighted by Crippen LogP contribution is -2.60. The SMILES string of the molecule is Cc1nc(CCC(=O)N[C@H]2CC[C@H]2NC2CCN(CC(C)C)CC2)cs1. The van der Waals surface area contributed by atoms with E-state index in [0.717, 1.165) is 29.5 Å². The van der Waals surface area contributed by atoms with Gasteiger partial charge in [-0.15, -0.1) is 11.3 Å². The number of piperidine rings is 1. The molecule has 26 heavy (non-hydrogen) atoms. The van der Waals surface area contributed by atoms with Gasteiger partial charge in [-0.1, -0.05) is 13.8 Å². The molecule has 0 bridgehead atoms. The second-order valence-electron chi connectivity index (χ2n) is 8.35. The van der Waals surface area contributed by atoms with Gasteiger partial charge in [0.25, 0.3) is 0 Å². The van der Waals surface area contributed by atoms with E-state index in [2.05, 4.69) is 39.7 Å². The molecule has 2 heterocycles. The van der Waals surface area contributed by atoms with E-state index < -0.39 is 0 Å². The van der Waals surface area contributed by atoms with Crippen molar-refractivity contribution in [3.8, 4) is 0 Å². The minimum atomic E-state index is 0.166. The molecule has 3 rings (SSSR count). The van der Waals surface area contributed by atoms with Crippen LogP contribution in [0.5, 0.6) is 0 Å². The van der Waals surface area contributed by atoms with Gasteiger partial charge in [-0.05, 0) is 58.0 Å². The number of hydrogen-bond donors (Lipinski definition) is 2. The minimum Gasteiger partial charge on any atom is -0.352 e. The molecule has 6 heteroatoms. The van der Waals surface area contributed by atoms with Gasteiger partial charge in [0.1, 0.15) is 0 Å². The van der Waals surface area contributed by atoms with Gasteiger partial charge in [-0.3, -0.25) is 4.79 Å². The Kier molecular flexibility index (Phi) is 7.06. The average molecular weight is 379 g/mol. The fourth-order valence-electron chi connectivity index (χ4n) is 4.02. The van der Waals surface area contributed by atoms with Crippen LogP contribution in [0.3, 0.4) is 0 Å². The Hall–Kier alpha value is -0.980. The minimum absolute atomic E-state index is 0.166. The van der Waals surface area contributed by atoms with Gasteiger partial charge in [-0.25, -0.2) is 4.98 Å². The van der Waals surface area contributed by atoms with E-state index in [1.807, 2.05) is 6.92 Å². The summed E-state index contributed by atoms with van der Waals surface area (Å²) in [6, 6.07) is 1.39. The number of nitrogens with one attached hydrogen (secondary N) is 2. The first-order valence-electron chi connectivity index (χ1n) is 10.2. The number of rotatable bonds is 8. The number of thiazole rings is 1. The molecule has 1 aliphatic carbocycles. The van der Waals surface area contributed by atoms with Crippen LogP contribution in [-0.4, -0.2) is 53.6 Å². The number of aryl methyl sites for hydroxylation is 2. The van der Waals surface area contributed by atoms with Gasteiger partial charge in [0.2, 0.25) is 5.91 Å². The van der Waals surface area contributed by atoms with Crippen molar-refractivity contribution < 1.29 is 4.79 Å². The van der Waals surface area contributed by atoms with Crippen molar-refractivity contribution in [2.45, 2.75) is 77.4 Å². The highest BCUT2D eigenvalue weighted by molar-refractivity contribution is 7.09. The van der Waals surface area contributed by atoms with E-state index in [4.69, 9.17) is 0 Å². The molecule has 1 aliphatic heterocycles. The number of likely N-dealkylation sites (tertiary alicyclic amines) is 1. The third-order valence-corrected chi connectivity index (χ3v) is 6.38. The Balaban J connectivity index is 1.34. The maximum absolute atomic E-state index is 12.2. The molecule has 0 aromatic carbocycles. The van der Waals surface area contributed by atoms with E-state index in [9.17, 15) is 4.79 Å². The zero-order valence-corrected chi connectivity index (χ0v) is 17.3. The molecule has 0 unspecified atom stereocenters. The maximum Gasteiger partial charge on any atom is 0.220 e. The van der Waals surface area contributed by atoms with Crippen LogP contribution in [0.2, 0.25) is 0 Å². The van der Waals surface area contributed by atoms with Gasteiger partial charge in [0.05, 0.1) is 10.7 Å². The number of carbonyl (C=O) groups excluding carboxylic acids is 1. The summed E-state index contributed by atoms with van der Waals surface area (Å²) in [7, 11) is 0. The third kappa shape index (κ3) is 5.76. The van der Waals surface area contributed by atoms with Crippen molar-refractivity contribution in [1.82, 2.24) is 20.5 Å². The summed E-state index contributed by atoms with van der Waals surface area (Å²) in [4.78, 5) is 19.3. The zero-order valence-electron chi connectivity index (χ0n) is 16.5. The van der Waals surface area contributed by atoms with Crippen LogP contribution in [0.15, 0.2) is 5.38 Å². The Morgan fingerprint density at radius 3 is 2.58 bits per heavy atom. The molecule has 1 aromatic heterocycles. The maximum atomic E-state index is 12.2. The number of aromatic nitrogens is 1. The highest BCUT2D eigenvalue weighted by Crippen LogP contribution is 2.23. The largest absolute Gasteiger partial charge is 0.352 e. The topological polar surface area (TPSA) is 57.3 Å². The van der Waals surface area contributed by atoms with Crippen LogP contribution in [0.4, 0.5) is 0 Å². The van der Waals surface area contributed by atoms with E-state index in [0.29, 0.717) is 24.5 Å². The molecule has 1 aromatic rings. The molecule has 1 saturated heterocycles. The van der Waals surface area contributed by atoms with Gasteiger partial charge in [0.15, 0.2) is 0 Å². The summed E-state index contributed by atoms with van der Waals surface area (Å²) in [5.74, 6) is 0.915. The highest BCUT2D eigenvalue weighted by atomic mass is 32.1. The Morgan fingerprint density at radius 2 is 2.00 bits per heavy atom. The van der Waals surface area contributed by atoms with Crippen LogP contribution >= 0.6 is 11.3 Å². The van der Waals surface area contributed by atoms with Crippen LogP contribution in [-0.2, 0) is 11.2 Å². The van der Waals surface area contributed by atoms with Gasteiger partial charge >= 0.3 is 0 Å². The molecule has 2 fully saturated rings. The monoisotopic (exact) mass is 378 g/mol. The summed E-state index contributed by atoms with van der Waals surface area (Å²) in [5.41, 5.74) is 1.04. The van der Waals surface area contributed by atoms with Crippen molar-refractivity contribution in [2.24, 2.45) is 5.92 Å². The lowest BCUT2D eigenvalue weighted by molar-refractivity contribution is -0.122. The van der Waals surface area contributed by atoms with Gasteiger partial charge in [0, 0.05) is 36.5 Å². The summed E-state index contributed by atoms with van der Waals surface area (Å²) in [5, 5.41) is 10.2. The van der Waals surface area contributed by atoms with E-state index >= 15 is 0 Å². The molecule has 1 saturated carbocycles. The van der Waals surface area contributed by atoms with Gasteiger partial charge < -0.3 is 15.5 Å². The predicted octanol–water partition coefficient (Wildman–Crippen LogP) is 2.74. The normalized spacial score (nSPS) is 24.6. The standard InChI is InChI=1S/C20H34N4OS/c1-14(2)12-24-10-8-16(9-11-24)22-18-5-6-19(18)23-20(25)7-4-17-13-26-15(3)21-17/h13-14,16,18-19,22H,4-12H2,1-3H3,(H,23,25)/t18-,19+/m1/s1. The summed E-state index contributed by atoms with van der Waals surface area (Å²) >= 11 is 1.65. The predicted molar refractivity (Wildman–Crippen MR) is 108 cm³/mol. The molecule has 1 amide bonds. The number of hydrogen-bond acceptors (Lipinski definition) is 5.